The van der Waals surface area contributed by atoms with E-state index in [0.717, 1.165) is 0 Å². The lowest BCUT2D eigenvalue weighted by atomic mass is 10.1. The summed E-state index contributed by atoms with van der Waals surface area (Å²) in [6.07, 6.45) is 3.75. The van der Waals surface area contributed by atoms with Crippen LogP contribution in [-0.2, 0) is 4.74 Å². The SMILES string of the molecule is NCC/C=C/[C@H]1O[C@@H](n2cc(Br)c3c(N)ncnc32)[C@H](O)[C@@H]1O. The lowest BCUT2D eigenvalue weighted by molar-refractivity contribution is -0.0242. The zero-order chi connectivity index (χ0) is 16.6. The Kier molecular flexibility index (Phi) is 4.64. The molecule has 124 valence electrons. The first-order chi connectivity index (χ1) is 11.0. The zero-order valence-electron chi connectivity index (χ0n) is 12.2. The van der Waals surface area contributed by atoms with Crippen LogP contribution in [0.25, 0.3) is 11.0 Å². The molecule has 1 saturated heterocycles. The van der Waals surface area contributed by atoms with E-state index in [4.69, 9.17) is 16.2 Å². The third-order valence-corrected chi connectivity index (χ3v) is 4.40. The first kappa shape index (κ1) is 16.3. The van der Waals surface area contributed by atoms with Crippen molar-refractivity contribution in [3.05, 3.63) is 29.1 Å². The molecular weight excluding hydrogens is 366 g/mol. The van der Waals surface area contributed by atoms with Gasteiger partial charge in [0.05, 0.1) is 5.39 Å². The van der Waals surface area contributed by atoms with Gasteiger partial charge >= 0.3 is 0 Å². The number of aliphatic hydroxyl groups is 2. The molecule has 1 fully saturated rings. The average molecular weight is 384 g/mol. The van der Waals surface area contributed by atoms with Gasteiger partial charge < -0.3 is 31.0 Å². The van der Waals surface area contributed by atoms with Gasteiger partial charge in [0.15, 0.2) is 6.23 Å². The minimum Gasteiger partial charge on any atom is -0.387 e. The quantitative estimate of drug-likeness (QED) is 0.558. The Balaban J connectivity index is 1.95. The van der Waals surface area contributed by atoms with Crippen molar-refractivity contribution in [2.24, 2.45) is 5.73 Å². The number of rotatable bonds is 4. The number of halogens is 1. The Bertz CT molecular complexity index is 735. The third-order valence-electron chi connectivity index (χ3n) is 3.80. The first-order valence-corrected chi connectivity index (χ1v) is 7.98. The molecule has 0 bridgehead atoms. The summed E-state index contributed by atoms with van der Waals surface area (Å²) in [5.74, 6) is 0.327. The number of hydrogen-bond acceptors (Lipinski definition) is 7. The largest absolute Gasteiger partial charge is 0.387 e. The number of nitrogen functional groups attached to an aromatic ring is 1. The normalized spacial score (nSPS) is 28.2. The molecule has 0 saturated carbocycles. The predicted molar refractivity (Wildman–Crippen MR) is 88.4 cm³/mol. The second-order valence-electron chi connectivity index (χ2n) is 5.32. The fraction of sp³-hybridized carbons (Fsp3) is 0.429. The smallest absolute Gasteiger partial charge is 0.164 e. The lowest BCUT2D eigenvalue weighted by Gasteiger charge is -2.17. The number of hydrogen-bond donors (Lipinski definition) is 4. The topological polar surface area (TPSA) is 132 Å². The molecule has 6 N–H and O–H groups in total. The Morgan fingerprint density at radius 1 is 1.35 bits per heavy atom. The summed E-state index contributed by atoms with van der Waals surface area (Å²) in [4.78, 5) is 8.16. The highest BCUT2D eigenvalue weighted by atomic mass is 79.9. The molecule has 9 heteroatoms. The van der Waals surface area contributed by atoms with Crippen LogP contribution >= 0.6 is 15.9 Å². The molecule has 23 heavy (non-hydrogen) atoms. The summed E-state index contributed by atoms with van der Waals surface area (Å²) >= 11 is 3.41. The van der Waals surface area contributed by atoms with Gasteiger partial charge in [-0.25, -0.2) is 9.97 Å². The van der Waals surface area contributed by atoms with E-state index in [9.17, 15) is 10.2 Å². The van der Waals surface area contributed by atoms with Crippen LogP contribution in [0.2, 0.25) is 0 Å². The fourth-order valence-electron chi connectivity index (χ4n) is 2.66. The maximum atomic E-state index is 10.3. The molecule has 1 aliphatic rings. The number of aromatic nitrogens is 3. The van der Waals surface area contributed by atoms with Crippen molar-refractivity contribution in [3.63, 3.8) is 0 Å². The monoisotopic (exact) mass is 383 g/mol. The van der Waals surface area contributed by atoms with Crippen LogP contribution < -0.4 is 11.5 Å². The molecule has 3 heterocycles. The summed E-state index contributed by atoms with van der Waals surface area (Å²) in [6.45, 7) is 0.511. The second-order valence-corrected chi connectivity index (χ2v) is 6.17. The maximum Gasteiger partial charge on any atom is 0.164 e. The van der Waals surface area contributed by atoms with E-state index >= 15 is 0 Å². The summed E-state index contributed by atoms with van der Waals surface area (Å²) in [6, 6.07) is 0. The van der Waals surface area contributed by atoms with Crippen molar-refractivity contribution in [3.8, 4) is 0 Å². The molecule has 0 unspecified atom stereocenters. The third kappa shape index (κ3) is 2.86. The number of nitrogens with zero attached hydrogens (tertiary/aromatic N) is 3. The molecule has 0 aromatic carbocycles. The van der Waals surface area contributed by atoms with E-state index in [1.807, 2.05) is 6.08 Å². The summed E-state index contributed by atoms with van der Waals surface area (Å²) in [5.41, 5.74) is 11.8. The van der Waals surface area contributed by atoms with E-state index in [-0.39, 0.29) is 0 Å². The lowest BCUT2D eigenvalue weighted by Crippen LogP contribution is -2.30. The predicted octanol–water partition coefficient (Wildman–Crippen LogP) is 0.300. The van der Waals surface area contributed by atoms with Crippen LogP contribution in [0, 0.1) is 0 Å². The highest BCUT2D eigenvalue weighted by Gasteiger charge is 2.43. The van der Waals surface area contributed by atoms with Gasteiger partial charge in [-0.05, 0) is 28.9 Å². The van der Waals surface area contributed by atoms with Gasteiger partial charge in [0.1, 0.15) is 36.1 Å². The Hall–Kier alpha value is -1.52. The van der Waals surface area contributed by atoms with Crippen molar-refractivity contribution in [2.75, 3.05) is 12.3 Å². The molecule has 2 aromatic rings. The molecule has 0 aliphatic carbocycles. The number of nitrogens with two attached hydrogens (primary N) is 2. The summed E-state index contributed by atoms with van der Waals surface area (Å²) in [7, 11) is 0. The Labute approximate surface area is 140 Å². The minimum absolute atomic E-state index is 0.327. The van der Waals surface area contributed by atoms with Crippen molar-refractivity contribution in [2.45, 2.75) is 31.0 Å². The maximum absolute atomic E-state index is 10.3. The molecule has 1 aliphatic heterocycles. The van der Waals surface area contributed by atoms with Crippen LogP contribution in [0.15, 0.2) is 29.1 Å². The fourth-order valence-corrected chi connectivity index (χ4v) is 3.26. The van der Waals surface area contributed by atoms with Crippen molar-refractivity contribution >= 4 is 32.8 Å². The van der Waals surface area contributed by atoms with Gasteiger partial charge in [0.2, 0.25) is 0 Å². The minimum atomic E-state index is -1.10. The number of ether oxygens (including phenoxy) is 1. The number of aliphatic hydroxyl groups excluding tert-OH is 2. The molecule has 4 atom stereocenters. The molecule has 0 spiro atoms. The van der Waals surface area contributed by atoms with Gasteiger partial charge in [-0.1, -0.05) is 12.2 Å². The van der Waals surface area contributed by atoms with Gasteiger partial charge in [0.25, 0.3) is 0 Å². The van der Waals surface area contributed by atoms with Gasteiger partial charge in [-0.3, -0.25) is 0 Å². The van der Waals surface area contributed by atoms with Gasteiger partial charge in [0, 0.05) is 10.7 Å². The molecular formula is C14H18BrN5O3. The zero-order valence-corrected chi connectivity index (χ0v) is 13.8. The molecule has 3 rings (SSSR count). The van der Waals surface area contributed by atoms with E-state index in [1.54, 1.807) is 16.8 Å². The molecule has 2 aromatic heterocycles. The first-order valence-electron chi connectivity index (χ1n) is 7.19. The summed E-state index contributed by atoms with van der Waals surface area (Å²) in [5, 5.41) is 21.2. The highest BCUT2D eigenvalue weighted by molar-refractivity contribution is 9.10. The number of fused-ring (bicyclic) bond motifs is 1. The second kappa shape index (κ2) is 6.54. The van der Waals surface area contributed by atoms with Crippen LogP contribution in [0.4, 0.5) is 5.82 Å². The summed E-state index contributed by atoms with van der Waals surface area (Å²) < 4.78 is 8.13. The molecule has 0 amide bonds. The average Bonchev–Trinajstić information content (AvgIpc) is 3.00. The Morgan fingerprint density at radius 2 is 2.13 bits per heavy atom. The van der Waals surface area contributed by atoms with Crippen molar-refractivity contribution < 1.29 is 14.9 Å². The van der Waals surface area contributed by atoms with E-state index in [0.29, 0.717) is 34.3 Å². The standard InChI is InChI=1S/C14H18BrN5O3/c15-7-5-20(13-9(7)12(17)18-6-19-13)14-11(22)10(21)8(23-14)3-1-2-4-16/h1,3,5-6,8,10-11,14,21-22H,2,4,16H2,(H2,17,18,19)/b3-1+/t8-,10-,11-,14-/m1/s1. The van der Waals surface area contributed by atoms with Gasteiger partial charge in [-0.2, -0.15) is 0 Å². The van der Waals surface area contributed by atoms with Crippen LogP contribution in [0.5, 0.6) is 0 Å². The van der Waals surface area contributed by atoms with Crippen molar-refractivity contribution in [1.29, 1.82) is 0 Å². The van der Waals surface area contributed by atoms with Crippen LogP contribution in [-0.4, -0.2) is 49.6 Å². The highest BCUT2D eigenvalue weighted by Crippen LogP contribution is 2.36. The van der Waals surface area contributed by atoms with E-state index < -0.39 is 24.5 Å². The van der Waals surface area contributed by atoms with Crippen molar-refractivity contribution in [1.82, 2.24) is 14.5 Å². The number of anilines is 1. The Morgan fingerprint density at radius 3 is 2.87 bits per heavy atom. The molecule has 8 nitrogen and oxygen atoms in total. The molecule has 0 radical (unpaired) electrons. The van der Waals surface area contributed by atoms with E-state index in [2.05, 4.69) is 25.9 Å². The van der Waals surface area contributed by atoms with Gasteiger partial charge in [-0.15, -0.1) is 0 Å². The van der Waals surface area contributed by atoms with Crippen LogP contribution in [0.1, 0.15) is 12.6 Å². The van der Waals surface area contributed by atoms with E-state index in [1.165, 1.54) is 6.33 Å². The van der Waals surface area contributed by atoms with Crippen LogP contribution in [0.3, 0.4) is 0 Å².